The lowest BCUT2D eigenvalue weighted by Gasteiger charge is -2.36. The number of benzene rings is 1. The highest BCUT2D eigenvalue weighted by Crippen LogP contribution is 2.25. The maximum atomic E-state index is 6.29. The van der Waals surface area contributed by atoms with Gasteiger partial charge >= 0.3 is 0 Å². The molecule has 1 fully saturated rings. The predicted molar refractivity (Wildman–Crippen MR) is 103 cm³/mol. The van der Waals surface area contributed by atoms with Gasteiger partial charge < -0.3 is 0 Å². The predicted octanol–water partition coefficient (Wildman–Crippen LogP) is 5.20. The molecule has 0 amide bonds. The number of hydrogen-bond donors (Lipinski definition) is 0. The van der Waals surface area contributed by atoms with Crippen LogP contribution in [-0.4, -0.2) is 41.0 Å². The summed E-state index contributed by atoms with van der Waals surface area (Å²) in [7, 11) is 2.17. The first kappa shape index (κ1) is 18.4. The molecular formula is C17H20Cl3N3S. The van der Waals surface area contributed by atoms with Crippen molar-refractivity contribution < 1.29 is 0 Å². The summed E-state index contributed by atoms with van der Waals surface area (Å²) in [5, 5.41) is 1.43. The Balaban J connectivity index is 1.50. The van der Waals surface area contributed by atoms with Crippen LogP contribution in [0, 0.1) is 0 Å². The molecule has 1 aromatic heterocycles. The summed E-state index contributed by atoms with van der Waals surface area (Å²) in [4.78, 5) is 10.2. The first-order valence-electron chi connectivity index (χ1n) is 7.98. The molecule has 0 bridgehead atoms. The van der Waals surface area contributed by atoms with Crippen molar-refractivity contribution in [2.75, 3.05) is 20.1 Å². The quantitative estimate of drug-likeness (QED) is 0.683. The lowest BCUT2D eigenvalue weighted by Crippen LogP contribution is -2.42. The fraction of sp³-hybridized carbons (Fsp3) is 0.471. The third-order valence-electron chi connectivity index (χ3n) is 4.52. The van der Waals surface area contributed by atoms with E-state index in [1.165, 1.54) is 4.88 Å². The first-order valence-corrected chi connectivity index (χ1v) is 9.93. The van der Waals surface area contributed by atoms with E-state index < -0.39 is 0 Å². The maximum absolute atomic E-state index is 6.29. The molecule has 1 aromatic carbocycles. The molecular weight excluding hydrogens is 385 g/mol. The Bertz CT molecular complexity index is 683. The van der Waals surface area contributed by atoms with Crippen LogP contribution in [0.15, 0.2) is 24.4 Å². The van der Waals surface area contributed by atoms with Gasteiger partial charge in [0.1, 0.15) is 0 Å². The van der Waals surface area contributed by atoms with Gasteiger partial charge in [0.2, 0.25) is 0 Å². The molecule has 0 radical (unpaired) electrons. The number of rotatable bonds is 5. The summed E-state index contributed by atoms with van der Waals surface area (Å²) < 4.78 is 0.625. The van der Waals surface area contributed by atoms with Crippen molar-refractivity contribution >= 4 is 46.1 Å². The highest BCUT2D eigenvalue weighted by molar-refractivity contribution is 7.15. The van der Waals surface area contributed by atoms with Gasteiger partial charge in [0.15, 0.2) is 4.47 Å². The van der Waals surface area contributed by atoms with Crippen LogP contribution in [-0.2, 0) is 13.1 Å². The molecule has 1 aliphatic rings. The fourth-order valence-corrected chi connectivity index (χ4v) is 4.63. The molecule has 0 unspecified atom stereocenters. The minimum absolute atomic E-state index is 0.582. The van der Waals surface area contributed by atoms with Crippen LogP contribution in [0.5, 0.6) is 0 Å². The van der Waals surface area contributed by atoms with E-state index in [0.717, 1.165) is 49.6 Å². The van der Waals surface area contributed by atoms with Gasteiger partial charge in [-0.3, -0.25) is 9.80 Å². The molecule has 130 valence electrons. The van der Waals surface area contributed by atoms with Gasteiger partial charge in [-0.25, -0.2) is 4.98 Å². The summed E-state index contributed by atoms with van der Waals surface area (Å²) in [6.45, 7) is 3.99. The zero-order valence-electron chi connectivity index (χ0n) is 13.5. The smallest absolute Gasteiger partial charge is 0.183 e. The summed E-state index contributed by atoms with van der Waals surface area (Å²) in [6, 6.07) is 6.32. The lowest BCUT2D eigenvalue weighted by atomic mass is 10.0. The highest BCUT2D eigenvalue weighted by Gasteiger charge is 2.23. The van der Waals surface area contributed by atoms with E-state index in [9.17, 15) is 0 Å². The van der Waals surface area contributed by atoms with E-state index in [4.69, 9.17) is 34.8 Å². The van der Waals surface area contributed by atoms with E-state index in [2.05, 4.69) is 21.8 Å². The summed E-state index contributed by atoms with van der Waals surface area (Å²) >= 11 is 19.7. The van der Waals surface area contributed by atoms with Crippen molar-refractivity contribution in [2.24, 2.45) is 0 Å². The van der Waals surface area contributed by atoms with Gasteiger partial charge in [0.05, 0.1) is 0 Å². The number of likely N-dealkylation sites (tertiary alicyclic amines) is 1. The van der Waals surface area contributed by atoms with Crippen molar-refractivity contribution in [3.63, 3.8) is 0 Å². The molecule has 7 heteroatoms. The third-order valence-corrected chi connectivity index (χ3v) is 6.21. The van der Waals surface area contributed by atoms with Gasteiger partial charge in [-0.05, 0) is 37.6 Å². The van der Waals surface area contributed by atoms with Crippen molar-refractivity contribution in [3.05, 3.63) is 49.3 Å². The number of hydrogen-bond acceptors (Lipinski definition) is 4. The molecule has 2 heterocycles. The molecule has 0 aliphatic carbocycles. The number of thiazole rings is 1. The van der Waals surface area contributed by atoms with Crippen LogP contribution in [0.2, 0.25) is 14.5 Å². The van der Waals surface area contributed by atoms with Gasteiger partial charge in [-0.1, -0.05) is 40.9 Å². The standard InChI is InChI=1S/C17H20Cl3N3S/c1-22(10-12-2-3-13(18)8-16(12)19)14-4-6-23(7-5-14)11-15-9-21-17(20)24-15/h2-3,8-9,14H,4-7,10-11H2,1H3. The fourth-order valence-electron chi connectivity index (χ4n) is 3.14. The van der Waals surface area contributed by atoms with Crippen LogP contribution in [0.1, 0.15) is 23.3 Å². The van der Waals surface area contributed by atoms with Gasteiger partial charge in [0.25, 0.3) is 0 Å². The highest BCUT2D eigenvalue weighted by atomic mass is 35.5. The number of aromatic nitrogens is 1. The summed E-state index contributed by atoms with van der Waals surface area (Å²) in [6.07, 6.45) is 4.20. The third kappa shape index (κ3) is 4.84. The minimum atomic E-state index is 0.582. The lowest BCUT2D eigenvalue weighted by molar-refractivity contribution is 0.120. The second-order valence-corrected chi connectivity index (χ2v) is 8.78. The van der Waals surface area contributed by atoms with Crippen molar-refractivity contribution in [1.82, 2.24) is 14.8 Å². The van der Waals surface area contributed by atoms with Gasteiger partial charge in [-0.2, -0.15) is 0 Å². The van der Waals surface area contributed by atoms with E-state index in [1.807, 2.05) is 24.4 Å². The van der Waals surface area contributed by atoms with Crippen LogP contribution < -0.4 is 0 Å². The largest absolute Gasteiger partial charge is 0.299 e. The minimum Gasteiger partial charge on any atom is -0.299 e. The van der Waals surface area contributed by atoms with E-state index in [-0.39, 0.29) is 0 Å². The Morgan fingerprint density at radius 1 is 1.25 bits per heavy atom. The normalized spacial score (nSPS) is 16.9. The Morgan fingerprint density at radius 3 is 2.62 bits per heavy atom. The first-order chi connectivity index (χ1) is 11.5. The number of halogens is 3. The molecule has 24 heavy (non-hydrogen) atoms. The molecule has 2 aromatic rings. The van der Waals surface area contributed by atoms with E-state index in [0.29, 0.717) is 15.5 Å². The van der Waals surface area contributed by atoms with E-state index in [1.54, 1.807) is 11.3 Å². The molecule has 0 saturated carbocycles. The monoisotopic (exact) mass is 403 g/mol. The average molecular weight is 405 g/mol. The molecule has 3 rings (SSSR count). The molecule has 3 nitrogen and oxygen atoms in total. The summed E-state index contributed by atoms with van der Waals surface area (Å²) in [5.41, 5.74) is 1.13. The number of nitrogens with zero attached hydrogens (tertiary/aromatic N) is 3. The van der Waals surface area contributed by atoms with Crippen molar-refractivity contribution in [2.45, 2.75) is 32.0 Å². The maximum Gasteiger partial charge on any atom is 0.183 e. The Kier molecular flexibility index (Phi) is 6.41. The number of piperidine rings is 1. The zero-order valence-corrected chi connectivity index (χ0v) is 16.6. The van der Waals surface area contributed by atoms with Crippen LogP contribution in [0.25, 0.3) is 0 Å². The van der Waals surface area contributed by atoms with Crippen molar-refractivity contribution in [1.29, 1.82) is 0 Å². The second-order valence-electron chi connectivity index (χ2n) is 6.24. The molecule has 0 atom stereocenters. The van der Waals surface area contributed by atoms with Crippen LogP contribution in [0.4, 0.5) is 0 Å². The zero-order chi connectivity index (χ0) is 17.1. The molecule has 1 aliphatic heterocycles. The Labute approximate surface area is 162 Å². The van der Waals surface area contributed by atoms with Gasteiger partial charge in [-0.15, -0.1) is 11.3 Å². The Hall–Kier alpha value is -0.360. The second kappa shape index (κ2) is 8.35. The van der Waals surface area contributed by atoms with Gasteiger partial charge in [0, 0.05) is 53.3 Å². The van der Waals surface area contributed by atoms with Crippen LogP contribution in [0.3, 0.4) is 0 Å². The topological polar surface area (TPSA) is 19.4 Å². The molecule has 0 N–H and O–H groups in total. The van der Waals surface area contributed by atoms with Crippen molar-refractivity contribution in [3.8, 4) is 0 Å². The van der Waals surface area contributed by atoms with E-state index >= 15 is 0 Å². The SMILES string of the molecule is CN(Cc1ccc(Cl)cc1Cl)C1CCN(Cc2cnc(Cl)s2)CC1. The average Bonchev–Trinajstić information content (AvgIpc) is 2.96. The molecule has 1 saturated heterocycles. The molecule has 0 spiro atoms. The Morgan fingerprint density at radius 2 is 2.00 bits per heavy atom. The summed E-state index contributed by atoms with van der Waals surface area (Å²) in [5.74, 6) is 0. The van der Waals surface area contributed by atoms with Crippen LogP contribution >= 0.6 is 46.1 Å².